The SMILES string of the molecule is CCNC(=O)N1CCC(N2C(=O)CSC2=O)CC1. The fraction of sp³-hybridized carbons (Fsp3) is 0.727. The molecule has 0 aromatic rings. The summed E-state index contributed by atoms with van der Waals surface area (Å²) in [5, 5.41) is 2.61. The Morgan fingerprint density at radius 1 is 1.39 bits per heavy atom. The Labute approximate surface area is 110 Å². The Bertz CT molecular complexity index is 351. The molecular formula is C11H17N3O3S. The Balaban J connectivity index is 1.88. The van der Waals surface area contributed by atoms with Crippen molar-refractivity contribution in [2.24, 2.45) is 0 Å². The standard InChI is InChI=1S/C11H17N3O3S/c1-2-12-10(16)13-5-3-8(4-6-13)14-9(15)7-18-11(14)17/h8H,2-7H2,1H3,(H,12,16). The van der Waals surface area contributed by atoms with Gasteiger partial charge in [0.25, 0.3) is 5.24 Å². The van der Waals surface area contributed by atoms with Crippen LogP contribution in [0.4, 0.5) is 9.59 Å². The first-order chi connectivity index (χ1) is 8.63. The molecule has 2 heterocycles. The van der Waals surface area contributed by atoms with Gasteiger partial charge in [-0.15, -0.1) is 0 Å². The van der Waals surface area contributed by atoms with E-state index in [4.69, 9.17) is 0 Å². The average Bonchev–Trinajstić information content (AvgIpc) is 2.70. The Kier molecular flexibility index (Phi) is 4.11. The first-order valence-electron chi connectivity index (χ1n) is 6.15. The van der Waals surface area contributed by atoms with E-state index in [-0.39, 0.29) is 29.0 Å². The molecule has 2 aliphatic rings. The first kappa shape index (κ1) is 13.2. The van der Waals surface area contributed by atoms with Crippen LogP contribution in [-0.4, -0.2) is 58.4 Å². The minimum absolute atomic E-state index is 0.0364. The number of piperidine rings is 1. The van der Waals surface area contributed by atoms with Crippen LogP contribution in [0.3, 0.4) is 0 Å². The zero-order chi connectivity index (χ0) is 13.1. The van der Waals surface area contributed by atoms with Crippen molar-refractivity contribution in [3.63, 3.8) is 0 Å². The predicted molar refractivity (Wildman–Crippen MR) is 68.4 cm³/mol. The molecule has 2 saturated heterocycles. The van der Waals surface area contributed by atoms with E-state index in [1.807, 2.05) is 6.92 Å². The van der Waals surface area contributed by atoms with Gasteiger partial charge in [-0.2, -0.15) is 0 Å². The summed E-state index contributed by atoms with van der Waals surface area (Å²) in [5.74, 6) is 0.163. The molecule has 0 aliphatic carbocycles. The molecular weight excluding hydrogens is 254 g/mol. The highest BCUT2D eigenvalue weighted by Gasteiger charge is 2.37. The maximum absolute atomic E-state index is 11.6. The Hall–Kier alpha value is -1.24. The van der Waals surface area contributed by atoms with Crippen LogP contribution in [-0.2, 0) is 4.79 Å². The summed E-state index contributed by atoms with van der Waals surface area (Å²) in [4.78, 5) is 37.9. The van der Waals surface area contributed by atoms with E-state index in [2.05, 4.69) is 5.32 Å². The van der Waals surface area contributed by atoms with Gasteiger partial charge in [-0.05, 0) is 19.8 Å². The molecule has 2 fully saturated rings. The van der Waals surface area contributed by atoms with Gasteiger partial charge in [0.05, 0.1) is 5.75 Å². The topological polar surface area (TPSA) is 69.7 Å². The van der Waals surface area contributed by atoms with Gasteiger partial charge in [0.15, 0.2) is 0 Å². The lowest BCUT2D eigenvalue weighted by molar-refractivity contribution is -0.126. The van der Waals surface area contributed by atoms with Crippen LogP contribution < -0.4 is 5.32 Å². The van der Waals surface area contributed by atoms with Gasteiger partial charge >= 0.3 is 6.03 Å². The number of rotatable bonds is 2. The van der Waals surface area contributed by atoms with Gasteiger partial charge in [-0.3, -0.25) is 14.5 Å². The average molecular weight is 271 g/mol. The molecule has 0 spiro atoms. The second kappa shape index (κ2) is 5.60. The monoisotopic (exact) mass is 271 g/mol. The molecule has 0 atom stereocenters. The number of thioether (sulfide) groups is 1. The van der Waals surface area contributed by atoms with Crippen molar-refractivity contribution in [2.75, 3.05) is 25.4 Å². The van der Waals surface area contributed by atoms with Crippen molar-refractivity contribution in [2.45, 2.75) is 25.8 Å². The van der Waals surface area contributed by atoms with Crippen molar-refractivity contribution in [1.82, 2.24) is 15.1 Å². The molecule has 4 amide bonds. The third-order valence-electron chi connectivity index (χ3n) is 3.23. The van der Waals surface area contributed by atoms with E-state index in [9.17, 15) is 14.4 Å². The molecule has 0 bridgehead atoms. The fourth-order valence-corrected chi connectivity index (χ4v) is 3.08. The molecule has 2 rings (SSSR count). The van der Waals surface area contributed by atoms with Crippen LogP contribution in [0, 0.1) is 0 Å². The second-order valence-electron chi connectivity index (χ2n) is 4.37. The predicted octanol–water partition coefficient (Wildman–Crippen LogP) is 0.876. The minimum Gasteiger partial charge on any atom is -0.338 e. The lowest BCUT2D eigenvalue weighted by Gasteiger charge is -2.35. The molecule has 7 heteroatoms. The maximum Gasteiger partial charge on any atom is 0.317 e. The highest BCUT2D eigenvalue weighted by Crippen LogP contribution is 2.26. The third kappa shape index (κ3) is 2.60. The van der Waals surface area contributed by atoms with E-state index in [0.29, 0.717) is 32.5 Å². The molecule has 6 nitrogen and oxygen atoms in total. The van der Waals surface area contributed by atoms with Crippen LogP contribution in [0.15, 0.2) is 0 Å². The van der Waals surface area contributed by atoms with E-state index in [1.165, 1.54) is 4.90 Å². The third-order valence-corrected chi connectivity index (χ3v) is 4.06. The van der Waals surface area contributed by atoms with Crippen molar-refractivity contribution in [1.29, 1.82) is 0 Å². The number of nitrogens with zero attached hydrogens (tertiary/aromatic N) is 2. The fourth-order valence-electron chi connectivity index (χ4n) is 2.31. The zero-order valence-corrected chi connectivity index (χ0v) is 11.2. The van der Waals surface area contributed by atoms with Crippen LogP contribution in [0.5, 0.6) is 0 Å². The Morgan fingerprint density at radius 2 is 2.06 bits per heavy atom. The summed E-state index contributed by atoms with van der Waals surface area (Å²) in [6, 6.07) is -0.102. The lowest BCUT2D eigenvalue weighted by Crippen LogP contribution is -2.50. The van der Waals surface area contributed by atoms with E-state index in [1.54, 1.807) is 4.90 Å². The van der Waals surface area contributed by atoms with Crippen molar-refractivity contribution in [3.8, 4) is 0 Å². The van der Waals surface area contributed by atoms with Crippen LogP contribution in [0.1, 0.15) is 19.8 Å². The van der Waals surface area contributed by atoms with Gasteiger partial charge in [0.2, 0.25) is 5.91 Å². The van der Waals surface area contributed by atoms with Gasteiger partial charge < -0.3 is 10.2 Å². The quantitative estimate of drug-likeness (QED) is 0.809. The van der Waals surface area contributed by atoms with Crippen LogP contribution >= 0.6 is 11.8 Å². The molecule has 0 aromatic heterocycles. The number of carbonyl (C=O) groups excluding carboxylic acids is 3. The molecule has 18 heavy (non-hydrogen) atoms. The molecule has 0 aromatic carbocycles. The van der Waals surface area contributed by atoms with Crippen molar-refractivity contribution < 1.29 is 14.4 Å². The number of hydrogen-bond acceptors (Lipinski definition) is 4. The molecule has 0 saturated carbocycles. The van der Waals surface area contributed by atoms with Gasteiger partial charge in [-0.1, -0.05) is 11.8 Å². The lowest BCUT2D eigenvalue weighted by atomic mass is 10.0. The number of likely N-dealkylation sites (tertiary alicyclic amines) is 1. The number of urea groups is 1. The number of nitrogens with one attached hydrogen (secondary N) is 1. The van der Waals surface area contributed by atoms with Gasteiger partial charge in [0, 0.05) is 25.7 Å². The minimum atomic E-state index is -0.142. The highest BCUT2D eigenvalue weighted by atomic mass is 32.2. The number of imide groups is 1. The van der Waals surface area contributed by atoms with Crippen molar-refractivity contribution in [3.05, 3.63) is 0 Å². The summed E-state index contributed by atoms with van der Waals surface area (Å²) in [6.07, 6.45) is 1.35. The summed E-state index contributed by atoms with van der Waals surface area (Å²) in [7, 11) is 0. The van der Waals surface area contributed by atoms with E-state index < -0.39 is 0 Å². The number of carbonyl (C=O) groups is 3. The van der Waals surface area contributed by atoms with E-state index >= 15 is 0 Å². The highest BCUT2D eigenvalue weighted by molar-refractivity contribution is 8.14. The number of hydrogen-bond donors (Lipinski definition) is 1. The smallest absolute Gasteiger partial charge is 0.317 e. The Morgan fingerprint density at radius 3 is 2.56 bits per heavy atom. The molecule has 0 radical (unpaired) electrons. The zero-order valence-electron chi connectivity index (χ0n) is 10.3. The molecule has 100 valence electrons. The molecule has 1 N–H and O–H groups in total. The summed E-state index contributed by atoms with van der Waals surface area (Å²) in [5.41, 5.74) is 0. The second-order valence-corrected chi connectivity index (χ2v) is 5.30. The summed E-state index contributed by atoms with van der Waals surface area (Å²) < 4.78 is 0. The first-order valence-corrected chi connectivity index (χ1v) is 7.13. The maximum atomic E-state index is 11.6. The molecule has 0 unspecified atom stereocenters. The van der Waals surface area contributed by atoms with Crippen LogP contribution in [0.2, 0.25) is 0 Å². The van der Waals surface area contributed by atoms with Crippen molar-refractivity contribution >= 4 is 28.9 Å². The van der Waals surface area contributed by atoms with Crippen LogP contribution in [0.25, 0.3) is 0 Å². The summed E-state index contributed by atoms with van der Waals surface area (Å²) >= 11 is 1.07. The largest absolute Gasteiger partial charge is 0.338 e. The van der Waals surface area contributed by atoms with E-state index in [0.717, 1.165) is 11.8 Å². The number of amides is 4. The van der Waals surface area contributed by atoms with Gasteiger partial charge in [0.1, 0.15) is 0 Å². The normalized spacial score (nSPS) is 21.6. The molecule has 2 aliphatic heterocycles. The van der Waals surface area contributed by atoms with Gasteiger partial charge in [-0.25, -0.2) is 4.79 Å². The summed E-state index contributed by atoms with van der Waals surface area (Å²) in [6.45, 7) is 3.68.